The number of amides is 1. The maximum atomic E-state index is 10.8. The molecule has 0 aromatic carbocycles. The summed E-state index contributed by atoms with van der Waals surface area (Å²) in [4.78, 5) is 10.8. The first-order chi connectivity index (χ1) is 6.43. The van der Waals surface area contributed by atoms with Crippen LogP contribution < -0.4 is 11.1 Å². The monoisotopic (exact) mass is 204 g/mol. The van der Waals surface area contributed by atoms with E-state index in [4.69, 9.17) is 20.7 Å². The van der Waals surface area contributed by atoms with Crippen LogP contribution in [0.4, 0.5) is 0 Å². The van der Waals surface area contributed by atoms with Gasteiger partial charge in [-0.05, 0) is 6.92 Å². The number of carbonyl (C=O) groups excluding carboxylic acids is 1. The van der Waals surface area contributed by atoms with Crippen LogP contribution in [0, 0.1) is 0 Å². The second-order valence-electron chi connectivity index (χ2n) is 3.52. The van der Waals surface area contributed by atoms with Gasteiger partial charge in [0.05, 0.1) is 18.2 Å². The molecule has 4 unspecified atom stereocenters. The van der Waals surface area contributed by atoms with Gasteiger partial charge in [0.15, 0.2) is 6.29 Å². The number of rotatable bonds is 3. The topological polar surface area (TPSA) is 105 Å². The molecule has 0 radical (unpaired) electrons. The van der Waals surface area contributed by atoms with Crippen LogP contribution in [0.5, 0.6) is 0 Å². The molecule has 0 aromatic heterocycles. The average Bonchev–Trinajstić information content (AvgIpc) is 2.09. The van der Waals surface area contributed by atoms with E-state index in [0.717, 1.165) is 0 Å². The summed E-state index contributed by atoms with van der Waals surface area (Å²) < 4.78 is 5.22. The minimum atomic E-state index is -1.64. The van der Waals surface area contributed by atoms with Crippen molar-refractivity contribution in [3.05, 3.63) is 0 Å². The highest BCUT2D eigenvalue weighted by Gasteiger charge is 2.45. The zero-order valence-electron chi connectivity index (χ0n) is 8.18. The van der Waals surface area contributed by atoms with Gasteiger partial charge in [-0.2, -0.15) is 0 Å². The van der Waals surface area contributed by atoms with Gasteiger partial charge >= 0.3 is 0 Å². The van der Waals surface area contributed by atoms with Crippen LogP contribution in [0.15, 0.2) is 0 Å². The van der Waals surface area contributed by atoms with Gasteiger partial charge in [-0.25, -0.2) is 0 Å². The largest absolute Gasteiger partial charge is 0.369 e. The lowest BCUT2D eigenvalue weighted by Gasteiger charge is -2.46. The van der Waals surface area contributed by atoms with Crippen LogP contribution in [-0.2, 0) is 9.53 Å². The predicted octanol–water partition coefficient (Wildman–Crippen LogP) is -2.08. The molecular weight excluding hydrogens is 188 g/mol. The summed E-state index contributed by atoms with van der Waals surface area (Å²) in [6.07, 6.45) is -2.31. The van der Waals surface area contributed by atoms with E-state index in [2.05, 4.69) is 5.32 Å². The normalized spacial score (nSPS) is 33.7. The molecule has 1 heterocycles. The standard InChI is InChI=1S/C8H16N2O4/c1-3-6(10-4(2)11)7(14-3)5(9)8(12)13/h3,5-8,12-13H,9H2,1-2H3,(H,10,11). The fourth-order valence-corrected chi connectivity index (χ4v) is 1.53. The second-order valence-corrected chi connectivity index (χ2v) is 3.52. The Labute approximate surface area is 82.0 Å². The Hall–Kier alpha value is -0.690. The summed E-state index contributed by atoms with van der Waals surface area (Å²) in [6.45, 7) is 3.18. The van der Waals surface area contributed by atoms with E-state index in [1.54, 1.807) is 6.92 Å². The third-order valence-electron chi connectivity index (χ3n) is 2.33. The highest BCUT2D eigenvalue weighted by Crippen LogP contribution is 2.24. The summed E-state index contributed by atoms with van der Waals surface area (Å²) in [6, 6.07) is -1.15. The van der Waals surface area contributed by atoms with Crippen LogP contribution >= 0.6 is 0 Å². The van der Waals surface area contributed by atoms with Gasteiger partial charge in [0.2, 0.25) is 5.91 Å². The number of hydrogen-bond acceptors (Lipinski definition) is 5. The first kappa shape index (κ1) is 11.4. The van der Waals surface area contributed by atoms with Gasteiger partial charge in [-0.1, -0.05) is 0 Å². The van der Waals surface area contributed by atoms with Crippen LogP contribution in [0.1, 0.15) is 13.8 Å². The molecule has 1 fully saturated rings. The van der Waals surface area contributed by atoms with E-state index in [-0.39, 0.29) is 18.1 Å². The molecule has 0 aliphatic carbocycles. The number of nitrogens with one attached hydrogen (secondary N) is 1. The molecule has 5 N–H and O–H groups in total. The number of ether oxygens (including phenoxy) is 1. The highest BCUT2D eigenvalue weighted by atomic mass is 16.5. The number of aliphatic hydroxyl groups is 2. The molecule has 0 bridgehead atoms. The number of nitrogens with two attached hydrogens (primary N) is 1. The van der Waals surface area contributed by atoms with E-state index in [1.165, 1.54) is 6.92 Å². The van der Waals surface area contributed by atoms with E-state index in [9.17, 15) is 4.79 Å². The Balaban J connectivity index is 2.51. The van der Waals surface area contributed by atoms with Crippen molar-refractivity contribution in [3.63, 3.8) is 0 Å². The number of hydrogen-bond donors (Lipinski definition) is 4. The minimum Gasteiger partial charge on any atom is -0.369 e. The molecule has 1 aliphatic heterocycles. The van der Waals surface area contributed by atoms with E-state index in [1.807, 2.05) is 0 Å². The highest BCUT2D eigenvalue weighted by molar-refractivity contribution is 5.73. The Morgan fingerprint density at radius 3 is 2.50 bits per heavy atom. The Kier molecular flexibility index (Phi) is 3.43. The molecule has 82 valence electrons. The third kappa shape index (κ3) is 2.21. The molecular formula is C8H16N2O4. The fourth-order valence-electron chi connectivity index (χ4n) is 1.53. The van der Waals surface area contributed by atoms with E-state index in [0.29, 0.717) is 0 Å². The first-order valence-corrected chi connectivity index (χ1v) is 4.47. The van der Waals surface area contributed by atoms with Crippen molar-refractivity contribution in [3.8, 4) is 0 Å². The zero-order chi connectivity index (χ0) is 10.9. The van der Waals surface area contributed by atoms with Gasteiger partial charge < -0.3 is 26.0 Å². The average molecular weight is 204 g/mol. The van der Waals surface area contributed by atoms with Crippen molar-refractivity contribution in [1.29, 1.82) is 0 Å². The molecule has 0 aromatic rings. The molecule has 6 heteroatoms. The van der Waals surface area contributed by atoms with Crippen molar-refractivity contribution >= 4 is 5.91 Å². The summed E-state index contributed by atoms with van der Waals surface area (Å²) in [7, 11) is 0. The molecule has 1 rings (SSSR count). The lowest BCUT2D eigenvalue weighted by atomic mass is 9.92. The van der Waals surface area contributed by atoms with Crippen molar-refractivity contribution in [2.24, 2.45) is 5.73 Å². The van der Waals surface area contributed by atoms with E-state index >= 15 is 0 Å². The van der Waals surface area contributed by atoms with Crippen LogP contribution in [0.3, 0.4) is 0 Å². The fraction of sp³-hybridized carbons (Fsp3) is 0.875. The van der Waals surface area contributed by atoms with Crippen molar-refractivity contribution in [2.45, 2.75) is 44.4 Å². The lowest BCUT2D eigenvalue weighted by Crippen LogP contribution is -2.68. The Morgan fingerprint density at radius 2 is 2.14 bits per heavy atom. The lowest BCUT2D eigenvalue weighted by molar-refractivity contribution is -0.194. The summed E-state index contributed by atoms with van der Waals surface area (Å²) in [5.41, 5.74) is 5.47. The molecule has 0 saturated carbocycles. The zero-order valence-corrected chi connectivity index (χ0v) is 8.18. The summed E-state index contributed by atoms with van der Waals surface area (Å²) >= 11 is 0. The Morgan fingerprint density at radius 1 is 1.57 bits per heavy atom. The Bertz CT molecular complexity index is 221. The second kappa shape index (κ2) is 4.22. The van der Waals surface area contributed by atoms with Gasteiger partial charge in [0, 0.05) is 6.92 Å². The third-order valence-corrected chi connectivity index (χ3v) is 2.33. The van der Waals surface area contributed by atoms with Crippen molar-refractivity contribution in [2.75, 3.05) is 0 Å². The van der Waals surface area contributed by atoms with Gasteiger partial charge in [0.1, 0.15) is 6.10 Å². The molecule has 1 aliphatic rings. The van der Waals surface area contributed by atoms with Crippen LogP contribution in [0.2, 0.25) is 0 Å². The molecule has 4 atom stereocenters. The summed E-state index contributed by atoms with van der Waals surface area (Å²) in [5.74, 6) is -0.185. The van der Waals surface area contributed by atoms with E-state index < -0.39 is 18.4 Å². The predicted molar refractivity (Wildman–Crippen MR) is 48.1 cm³/mol. The van der Waals surface area contributed by atoms with Gasteiger partial charge in [-0.15, -0.1) is 0 Å². The van der Waals surface area contributed by atoms with Gasteiger partial charge in [0.25, 0.3) is 0 Å². The quantitative estimate of drug-likeness (QED) is 0.395. The first-order valence-electron chi connectivity index (χ1n) is 4.47. The SMILES string of the molecule is CC(=O)NC1C(C)OC1C(N)C(O)O. The molecule has 0 spiro atoms. The van der Waals surface area contributed by atoms with Crippen molar-refractivity contribution in [1.82, 2.24) is 5.32 Å². The molecule has 1 saturated heterocycles. The molecule has 6 nitrogen and oxygen atoms in total. The van der Waals surface area contributed by atoms with Crippen LogP contribution in [0.25, 0.3) is 0 Å². The minimum absolute atomic E-state index is 0.145. The summed E-state index contributed by atoms with van der Waals surface area (Å²) in [5, 5.41) is 20.3. The number of carbonyl (C=O) groups is 1. The smallest absolute Gasteiger partial charge is 0.217 e. The number of aliphatic hydroxyl groups excluding tert-OH is 1. The molecule has 14 heavy (non-hydrogen) atoms. The van der Waals surface area contributed by atoms with Crippen molar-refractivity contribution < 1.29 is 19.7 Å². The van der Waals surface area contributed by atoms with Gasteiger partial charge in [-0.3, -0.25) is 4.79 Å². The maximum Gasteiger partial charge on any atom is 0.217 e. The molecule has 1 amide bonds. The van der Waals surface area contributed by atoms with Crippen LogP contribution in [-0.4, -0.2) is 46.7 Å². The maximum absolute atomic E-state index is 10.8.